The summed E-state index contributed by atoms with van der Waals surface area (Å²) in [5.41, 5.74) is 1.45. The summed E-state index contributed by atoms with van der Waals surface area (Å²) in [5, 5.41) is 17.5. The molecule has 0 aliphatic rings. The summed E-state index contributed by atoms with van der Waals surface area (Å²) < 4.78 is 0. The molecule has 0 atom stereocenters. The monoisotopic (exact) mass is 256 g/mol. The maximum atomic E-state index is 11.6. The van der Waals surface area contributed by atoms with E-state index in [1.165, 1.54) is 6.20 Å². The first-order chi connectivity index (χ1) is 9.31. The fourth-order valence-corrected chi connectivity index (χ4v) is 1.48. The van der Waals surface area contributed by atoms with Crippen LogP contribution < -0.4 is 10.6 Å². The van der Waals surface area contributed by atoms with Crippen LogP contribution in [0.4, 0.5) is 16.6 Å². The van der Waals surface area contributed by atoms with Crippen LogP contribution in [0.5, 0.6) is 0 Å². The van der Waals surface area contributed by atoms with Crippen LogP contribution in [-0.4, -0.2) is 36.6 Å². The second-order valence-electron chi connectivity index (χ2n) is 3.57. The van der Waals surface area contributed by atoms with Crippen molar-refractivity contribution in [3.8, 4) is 0 Å². The number of para-hydroxylation sites is 2. The number of carbonyl (C=O) groups excluding carboxylic acids is 1. The number of aromatic amines is 1. The number of hydrogen-bond donors (Lipinski definition) is 3. The molecule has 0 saturated carbocycles. The molecule has 3 rings (SSSR count). The van der Waals surface area contributed by atoms with Crippen LogP contribution in [0, 0.1) is 0 Å². The van der Waals surface area contributed by atoms with Crippen LogP contribution in [0.15, 0.2) is 30.5 Å². The molecule has 3 N–H and O–H groups in total. The van der Waals surface area contributed by atoms with E-state index >= 15 is 0 Å². The van der Waals surface area contributed by atoms with Crippen LogP contribution >= 0.6 is 0 Å². The summed E-state index contributed by atoms with van der Waals surface area (Å²) in [6.07, 6.45) is 1.47. The normalized spacial score (nSPS) is 10.3. The molecule has 94 valence electrons. The standard InChI is InChI=1S/C10H8N8O/c19-10(14-9-15-17-18-16-9)13-8-5-11-6-3-1-2-4-7(6)12-8/h1-5H,(H3,12,13,14,15,16,17,18,19). The maximum Gasteiger partial charge on any atom is 0.327 e. The van der Waals surface area contributed by atoms with Crippen molar-refractivity contribution < 1.29 is 4.79 Å². The number of anilines is 2. The highest BCUT2D eigenvalue weighted by Gasteiger charge is 2.06. The lowest BCUT2D eigenvalue weighted by molar-refractivity contribution is 0.262. The van der Waals surface area contributed by atoms with E-state index in [0.717, 1.165) is 5.52 Å². The Labute approximate surface area is 106 Å². The van der Waals surface area contributed by atoms with Gasteiger partial charge in [0.1, 0.15) is 0 Å². The van der Waals surface area contributed by atoms with E-state index in [9.17, 15) is 4.79 Å². The minimum absolute atomic E-state index is 0.145. The molecule has 0 spiro atoms. The lowest BCUT2D eigenvalue weighted by atomic mass is 10.3. The number of aromatic nitrogens is 6. The number of urea groups is 1. The number of nitrogens with one attached hydrogen (secondary N) is 3. The van der Waals surface area contributed by atoms with Crippen molar-refractivity contribution in [1.82, 2.24) is 30.6 Å². The molecule has 3 aromatic rings. The van der Waals surface area contributed by atoms with Crippen molar-refractivity contribution in [2.45, 2.75) is 0 Å². The van der Waals surface area contributed by atoms with Gasteiger partial charge < -0.3 is 0 Å². The molecule has 9 nitrogen and oxygen atoms in total. The van der Waals surface area contributed by atoms with Crippen molar-refractivity contribution in [3.05, 3.63) is 30.5 Å². The minimum atomic E-state index is -0.511. The Hall–Kier alpha value is -3.10. The summed E-state index contributed by atoms with van der Waals surface area (Å²) >= 11 is 0. The van der Waals surface area contributed by atoms with Gasteiger partial charge in [0.15, 0.2) is 5.82 Å². The molecule has 1 aromatic carbocycles. The van der Waals surface area contributed by atoms with E-state index in [2.05, 4.69) is 41.2 Å². The maximum absolute atomic E-state index is 11.6. The Morgan fingerprint density at radius 1 is 1.16 bits per heavy atom. The number of nitrogens with zero attached hydrogens (tertiary/aromatic N) is 5. The van der Waals surface area contributed by atoms with Gasteiger partial charge in [0.2, 0.25) is 5.95 Å². The zero-order valence-electron chi connectivity index (χ0n) is 9.53. The SMILES string of the molecule is O=C(Nc1cnc2ccccc2n1)Nc1nnn[nH]1. The Balaban J connectivity index is 1.75. The number of hydrogen-bond acceptors (Lipinski definition) is 6. The van der Waals surface area contributed by atoms with Gasteiger partial charge in [-0.05, 0) is 22.6 Å². The number of tetrazole rings is 1. The molecule has 19 heavy (non-hydrogen) atoms. The molecule has 0 bridgehead atoms. The third-order valence-electron chi connectivity index (χ3n) is 2.27. The number of H-pyrrole nitrogens is 1. The molecule has 2 aromatic heterocycles. The van der Waals surface area contributed by atoms with E-state index in [1.807, 2.05) is 24.3 Å². The van der Waals surface area contributed by atoms with Gasteiger partial charge in [0, 0.05) is 0 Å². The molecule has 0 aliphatic heterocycles. The molecule has 2 amide bonds. The molecular formula is C10H8N8O. The Bertz CT molecular complexity index is 710. The van der Waals surface area contributed by atoms with E-state index in [4.69, 9.17) is 0 Å². The lowest BCUT2D eigenvalue weighted by Crippen LogP contribution is -2.21. The van der Waals surface area contributed by atoms with E-state index in [1.54, 1.807) is 0 Å². The number of amides is 2. The van der Waals surface area contributed by atoms with E-state index in [-0.39, 0.29) is 5.95 Å². The Morgan fingerprint density at radius 2 is 2.00 bits per heavy atom. The summed E-state index contributed by atoms with van der Waals surface area (Å²) in [6.45, 7) is 0. The third-order valence-corrected chi connectivity index (χ3v) is 2.27. The van der Waals surface area contributed by atoms with Gasteiger partial charge >= 0.3 is 6.03 Å². The van der Waals surface area contributed by atoms with Gasteiger partial charge in [-0.2, -0.15) is 0 Å². The van der Waals surface area contributed by atoms with Gasteiger partial charge in [-0.1, -0.05) is 17.2 Å². The molecule has 2 heterocycles. The summed E-state index contributed by atoms with van der Waals surface area (Å²) in [4.78, 5) is 20.0. The molecular weight excluding hydrogens is 248 g/mol. The average Bonchev–Trinajstić information content (AvgIpc) is 2.91. The molecule has 0 fully saturated rings. The molecule has 0 saturated heterocycles. The average molecular weight is 256 g/mol. The second kappa shape index (κ2) is 4.64. The van der Waals surface area contributed by atoms with E-state index < -0.39 is 6.03 Å². The topological polar surface area (TPSA) is 121 Å². The summed E-state index contributed by atoms with van der Waals surface area (Å²) in [7, 11) is 0. The minimum Gasteiger partial charge on any atom is -0.291 e. The van der Waals surface area contributed by atoms with Crippen molar-refractivity contribution in [2.24, 2.45) is 0 Å². The fourth-order valence-electron chi connectivity index (χ4n) is 1.48. The van der Waals surface area contributed by atoms with E-state index in [0.29, 0.717) is 11.3 Å². The highest BCUT2D eigenvalue weighted by Crippen LogP contribution is 2.11. The quantitative estimate of drug-likeness (QED) is 0.623. The fraction of sp³-hybridized carbons (Fsp3) is 0. The van der Waals surface area contributed by atoms with Crippen LogP contribution in [0.25, 0.3) is 11.0 Å². The Kier molecular flexibility index (Phi) is 2.69. The third kappa shape index (κ3) is 2.44. The predicted octanol–water partition coefficient (Wildman–Crippen LogP) is 0.787. The number of carbonyl (C=O) groups is 1. The summed E-state index contributed by atoms with van der Waals surface area (Å²) in [6, 6.07) is 6.86. The van der Waals surface area contributed by atoms with Gasteiger partial charge in [0.05, 0.1) is 17.2 Å². The van der Waals surface area contributed by atoms with Crippen LogP contribution in [0.1, 0.15) is 0 Å². The molecule has 9 heteroatoms. The highest BCUT2D eigenvalue weighted by atomic mass is 16.2. The number of fused-ring (bicyclic) bond motifs is 1. The van der Waals surface area contributed by atoms with Gasteiger partial charge in [-0.15, -0.1) is 0 Å². The van der Waals surface area contributed by atoms with Crippen molar-refractivity contribution in [2.75, 3.05) is 10.6 Å². The first kappa shape index (κ1) is 11.0. The second-order valence-corrected chi connectivity index (χ2v) is 3.57. The van der Waals surface area contributed by atoms with Crippen molar-refractivity contribution in [1.29, 1.82) is 0 Å². The van der Waals surface area contributed by atoms with Gasteiger partial charge in [0.25, 0.3) is 0 Å². The molecule has 0 radical (unpaired) electrons. The van der Waals surface area contributed by atoms with Crippen LogP contribution in [-0.2, 0) is 0 Å². The highest BCUT2D eigenvalue weighted by molar-refractivity contribution is 5.98. The van der Waals surface area contributed by atoms with Gasteiger partial charge in [-0.3, -0.25) is 15.6 Å². The van der Waals surface area contributed by atoms with Crippen molar-refractivity contribution in [3.63, 3.8) is 0 Å². The summed E-state index contributed by atoms with van der Waals surface area (Å²) in [5.74, 6) is 0.481. The first-order valence-corrected chi connectivity index (χ1v) is 5.35. The smallest absolute Gasteiger partial charge is 0.291 e. The first-order valence-electron chi connectivity index (χ1n) is 5.35. The molecule has 0 unspecified atom stereocenters. The number of rotatable bonds is 2. The van der Waals surface area contributed by atoms with Crippen LogP contribution in [0.2, 0.25) is 0 Å². The zero-order chi connectivity index (χ0) is 13.1. The predicted molar refractivity (Wildman–Crippen MR) is 66.4 cm³/mol. The Morgan fingerprint density at radius 3 is 2.79 bits per heavy atom. The van der Waals surface area contributed by atoms with Crippen LogP contribution in [0.3, 0.4) is 0 Å². The largest absolute Gasteiger partial charge is 0.327 e. The lowest BCUT2D eigenvalue weighted by Gasteiger charge is -2.04. The number of benzene rings is 1. The zero-order valence-corrected chi connectivity index (χ0v) is 9.53. The van der Waals surface area contributed by atoms with Gasteiger partial charge in [-0.25, -0.2) is 14.9 Å². The molecule has 0 aliphatic carbocycles. The van der Waals surface area contributed by atoms with Crippen molar-refractivity contribution >= 4 is 28.8 Å².